The fraction of sp³-hybridized carbons (Fsp3) is 0.600. The number of para-hydroxylation sites is 1. The molecule has 0 saturated heterocycles. The zero-order valence-electron chi connectivity index (χ0n) is 11.4. The van der Waals surface area contributed by atoms with Crippen molar-refractivity contribution in [2.45, 2.75) is 33.1 Å². The lowest BCUT2D eigenvalue weighted by molar-refractivity contribution is 0.277. The van der Waals surface area contributed by atoms with Gasteiger partial charge in [0.05, 0.1) is 7.11 Å². The monoisotopic (exact) mass is 235 g/mol. The minimum atomic E-state index is 1.01. The number of hydrogen-bond acceptors (Lipinski definition) is 2. The van der Waals surface area contributed by atoms with Crippen molar-refractivity contribution in [2.24, 2.45) is 0 Å². The fourth-order valence-corrected chi connectivity index (χ4v) is 2.16. The van der Waals surface area contributed by atoms with Gasteiger partial charge in [0.1, 0.15) is 5.75 Å². The van der Waals surface area contributed by atoms with Crippen molar-refractivity contribution in [3.63, 3.8) is 0 Å². The van der Waals surface area contributed by atoms with E-state index in [4.69, 9.17) is 4.74 Å². The highest BCUT2D eigenvalue weighted by Crippen LogP contribution is 2.18. The number of methoxy groups -OCH3 is 1. The minimum Gasteiger partial charge on any atom is -0.496 e. The molecule has 0 aliphatic heterocycles. The lowest BCUT2D eigenvalue weighted by Crippen LogP contribution is -2.27. The molecule has 0 amide bonds. The van der Waals surface area contributed by atoms with Gasteiger partial charge in [0.15, 0.2) is 0 Å². The van der Waals surface area contributed by atoms with E-state index >= 15 is 0 Å². The fourth-order valence-electron chi connectivity index (χ4n) is 2.16. The molecule has 0 heterocycles. The highest BCUT2D eigenvalue weighted by Gasteiger charge is 2.05. The molecule has 17 heavy (non-hydrogen) atoms. The highest BCUT2D eigenvalue weighted by molar-refractivity contribution is 5.33. The summed E-state index contributed by atoms with van der Waals surface area (Å²) in [6, 6.07) is 8.31. The number of hydrogen-bond donors (Lipinski definition) is 0. The largest absolute Gasteiger partial charge is 0.496 e. The van der Waals surface area contributed by atoms with Crippen LogP contribution in [0.4, 0.5) is 0 Å². The van der Waals surface area contributed by atoms with E-state index in [9.17, 15) is 0 Å². The third-order valence-corrected chi connectivity index (χ3v) is 2.97. The summed E-state index contributed by atoms with van der Waals surface area (Å²) in [5.74, 6) is 1.01. The minimum absolute atomic E-state index is 1.01. The SMILES string of the molecule is CCCN(CCC)CCc1ccccc1OC. The van der Waals surface area contributed by atoms with Crippen molar-refractivity contribution >= 4 is 0 Å². The van der Waals surface area contributed by atoms with Gasteiger partial charge in [0.25, 0.3) is 0 Å². The third-order valence-electron chi connectivity index (χ3n) is 2.97. The second-order valence-corrected chi connectivity index (χ2v) is 4.40. The van der Waals surface area contributed by atoms with Gasteiger partial charge in [-0.15, -0.1) is 0 Å². The van der Waals surface area contributed by atoms with E-state index in [1.54, 1.807) is 7.11 Å². The van der Waals surface area contributed by atoms with Gasteiger partial charge in [0.2, 0.25) is 0 Å². The number of nitrogens with zero attached hydrogens (tertiary/aromatic N) is 1. The second kappa shape index (κ2) is 8.13. The molecule has 0 saturated carbocycles. The molecule has 0 fully saturated rings. The Kier molecular flexibility index (Phi) is 6.71. The predicted molar refractivity (Wildman–Crippen MR) is 73.7 cm³/mol. The molecule has 0 aromatic heterocycles. The van der Waals surface area contributed by atoms with Crippen LogP contribution < -0.4 is 4.74 Å². The van der Waals surface area contributed by atoms with Crippen LogP contribution in [0, 0.1) is 0 Å². The van der Waals surface area contributed by atoms with E-state index in [0.717, 1.165) is 18.7 Å². The summed E-state index contributed by atoms with van der Waals surface area (Å²) in [6.45, 7) is 8.01. The molecule has 2 nitrogen and oxygen atoms in total. The van der Waals surface area contributed by atoms with E-state index in [1.165, 1.54) is 31.5 Å². The van der Waals surface area contributed by atoms with E-state index in [-0.39, 0.29) is 0 Å². The van der Waals surface area contributed by atoms with Crippen LogP contribution in [-0.2, 0) is 6.42 Å². The molecule has 0 unspecified atom stereocenters. The van der Waals surface area contributed by atoms with Gasteiger partial charge in [-0.2, -0.15) is 0 Å². The molecule has 0 aliphatic carbocycles. The van der Waals surface area contributed by atoms with Crippen LogP contribution in [0.2, 0.25) is 0 Å². The summed E-state index contributed by atoms with van der Waals surface area (Å²) < 4.78 is 5.38. The predicted octanol–water partition coefficient (Wildman–Crippen LogP) is 3.36. The van der Waals surface area contributed by atoms with Gasteiger partial charge in [-0.3, -0.25) is 0 Å². The number of ether oxygens (including phenoxy) is 1. The molecule has 0 spiro atoms. The Morgan fingerprint density at radius 3 is 2.24 bits per heavy atom. The maximum absolute atomic E-state index is 5.38. The van der Waals surface area contributed by atoms with Gasteiger partial charge in [-0.1, -0.05) is 32.0 Å². The first-order valence-corrected chi connectivity index (χ1v) is 6.66. The Morgan fingerprint density at radius 1 is 1.00 bits per heavy atom. The van der Waals surface area contributed by atoms with Gasteiger partial charge >= 0.3 is 0 Å². The molecule has 0 N–H and O–H groups in total. The Morgan fingerprint density at radius 2 is 1.65 bits per heavy atom. The molecule has 2 heteroatoms. The smallest absolute Gasteiger partial charge is 0.122 e. The molecule has 1 aromatic rings. The standard InChI is InChI=1S/C15H25NO/c1-4-11-16(12-5-2)13-10-14-8-6-7-9-15(14)17-3/h6-9H,4-5,10-13H2,1-3H3. The van der Waals surface area contributed by atoms with Crippen molar-refractivity contribution in [1.82, 2.24) is 4.90 Å². The average Bonchev–Trinajstić information content (AvgIpc) is 2.37. The van der Waals surface area contributed by atoms with Crippen LogP contribution in [-0.4, -0.2) is 31.6 Å². The van der Waals surface area contributed by atoms with Crippen LogP contribution in [0.1, 0.15) is 32.3 Å². The molecule has 0 atom stereocenters. The van der Waals surface area contributed by atoms with E-state index in [1.807, 2.05) is 12.1 Å². The van der Waals surface area contributed by atoms with Crippen LogP contribution in [0.25, 0.3) is 0 Å². The van der Waals surface area contributed by atoms with Crippen LogP contribution in [0.15, 0.2) is 24.3 Å². The summed E-state index contributed by atoms with van der Waals surface area (Å²) in [5.41, 5.74) is 1.31. The Balaban J connectivity index is 2.52. The molecule has 1 aromatic carbocycles. The van der Waals surface area contributed by atoms with Crippen molar-refractivity contribution in [3.05, 3.63) is 29.8 Å². The van der Waals surface area contributed by atoms with E-state index < -0.39 is 0 Å². The Bertz CT molecular complexity index is 306. The first-order chi connectivity index (χ1) is 8.31. The maximum Gasteiger partial charge on any atom is 0.122 e. The molecular formula is C15H25NO. The second-order valence-electron chi connectivity index (χ2n) is 4.40. The van der Waals surface area contributed by atoms with Crippen molar-refractivity contribution < 1.29 is 4.74 Å². The van der Waals surface area contributed by atoms with E-state index in [0.29, 0.717) is 0 Å². The molecule has 0 aliphatic rings. The van der Waals surface area contributed by atoms with Gasteiger partial charge in [0, 0.05) is 6.54 Å². The van der Waals surface area contributed by atoms with E-state index in [2.05, 4.69) is 30.9 Å². The molecule has 1 rings (SSSR count). The van der Waals surface area contributed by atoms with Crippen molar-refractivity contribution in [1.29, 1.82) is 0 Å². The quantitative estimate of drug-likeness (QED) is 0.685. The molecule has 96 valence electrons. The van der Waals surface area contributed by atoms with Crippen molar-refractivity contribution in [2.75, 3.05) is 26.7 Å². The highest BCUT2D eigenvalue weighted by atomic mass is 16.5. The summed E-state index contributed by atoms with van der Waals surface area (Å²) in [7, 11) is 1.74. The van der Waals surface area contributed by atoms with Crippen LogP contribution in [0.3, 0.4) is 0 Å². The van der Waals surface area contributed by atoms with Gasteiger partial charge in [-0.25, -0.2) is 0 Å². The van der Waals surface area contributed by atoms with Gasteiger partial charge in [-0.05, 0) is 44.0 Å². The summed E-state index contributed by atoms with van der Waals surface area (Å²) in [6.07, 6.45) is 3.53. The molecular weight excluding hydrogens is 210 g/mol. The summed E-state index contributed by atoms with van der Waals surface area (Å²) >= 11 is 0. The lowest BCUT2D eigenvalue weighted by Gasteiger charge is -2.21. The summed E-state index contributed by atoms with van der Waals surface area (Å²) in [4.78, 5) is 2.53. The zero-order valence-corrected chi connectivity index (χ0v) is 11.4. The number of rotatable bonds is 8. The first-order valence-electron chi connectivity index (χ1n) is 6.66. The van der Waals surface area contributed by atoms with Gasteiger partial charge < -0.3 is 9.64 Å². The van der Waals surface area contributed by atoms with Crippen LogP contribution in [0.5, 0.6) is 5.75 Å². The third kappa shape index (κ3) is 4.78. The number of benzene rings is 1. The maximum atomic E-state index is 5.38. The normalized spacial score (nSPS) is 10.8. The Labute approximate surface area is 106 Å². The molecule has 0 bridgehead atoms. The topological polar surface area (TPSA) is 12.5 Å². The average molecular weight is 235 g/mol. The summed E-state index contributed by atoms with van der Waals surface area (Å²) in [5, 5.41) is 0. The van der Waals surface area contributed by atoms with Crippen molar-refractivity contribution in [3.8, 4) is 5.75 Å². The first kappa shape index (κ1) is 14.0. The Hall–Kier alpha value is -1.02. The lowest BCUT2D eigenvalue weighted by atomic mass is 10.1. The van der Waals surface area contributed by atoms with Crippen LogP contribution >= 0.6 is 0 Å². The zero-order chi connectivity index (χ0) is 12.5. The molecule has 0 radical (unpaired) electrons.